The molecule has 2 nitrogen and oxygen atoms in total. The average Bonchev–Trinajstić information content (AvgIpc) is 1.85. The van der Waals surface area contributed by atoms with Crippen LogP contribution in [0.1, 0.15) is 18.2 Å². The molecule has 0 aromatic carbocycles. The van der Waals surface area contributed by atoms with Gasteiger partial charge >= 0.3 is 0 Å². The summed E-state index contributed by atoms with van der Waals surface area (Å²) < 4.78 is 0. The number of hydrogen-bond acceptors (Lipinski definition) is 2. The Hall–Kier alpha value is -0.890. The first kappa shape index (κ1) is 8.21. The van der Waals surface area contributed by atoms with Crippen molar-refractivity contribution in [3.05, 3.63) is 29.6 Å². The minimum atomic E-state index is 0.198. The maximum absolute atomic E-state index is 5.63. The summed E-state index contributed by atoms with van der Waals surface area (Å²) >= 11 is 0. The number of rotatable bonds is 2. The summed E-state index contributed by atoms with van der Waals surface area (Å²) in [4.78, 5) is 4.20. The van der Waals surface area contributed by atoms with E-state index in [-0.39, 0.29) is 6.04 Å². The maximum atomic E-state index is 5.63. The molecule has 1 atom stereocenters. The van der Waals surface area contributed by atoms with Gasteiger partial charge in [0.15, 0.2) is 0 Å². The van der Waals surface area contributed by atoms with Crippen molar-refractivity contribution in [2.24, 2.45) is 5.73 Å². The zero-order valence-electron chi connectivity index (χ0n) is 7.04. The van der Waals surface area contributed by atoms with Gasteiger partial charge in [-0.1, -0.05) is 0 Å². The Morgan fingerprint density at radius 3 is 2.91 bits per heavy atom. The van der Waals surface area contributed by atoms with Gasteiger partial charge in [0, 0.05) is 24.4 Å². The lowest BCUT2D eigenvalue weighted by Crippen LogP contribution is -2.18. The average molecular weight is 150 g/mol. The zero-order valence-corrected chi connectivity index (χ0v) is 7.04. The molecule has 0 aliphatic heterocycles. The lowest BCUT2D eigenvalue weighted by Gasteiger charge is -2.03. The van der Waals surface area contributed by atoms with E-state index in [1.807, 2.05) is 19.2 Å². The molecule has 1 aromatic heterocycles. The molecular weight excluding hydrogens is 136 g/mol. The largest absolute Gasteiger partial charge is 0.328 e. The maximum Gasteiger partial charge on any atom is 0.0421 e. The smallest absolute Gasteiger partial charge is 0.0421 e. The monoisotopic (exact) mass is 150 g/mol. The highest BCUT2D eigenvalue weighted by molar-refractivity contribution is 5.14. The molecule has 2 N–H and O–H groups in total. The summed E-state index contributed by atoms with van der Waals surface area (Å²) in [5.41, 5.74) is 7.96. The van der Waals surface area contributed by atoms with Gasteiger partial charge in [-0.15, -0.1) is 0 Å². The number of nitrogens with two attached hydrogens (primary N) is 1. The van der Waals surface area contributed by atoms with Gasteiger partial charge in [-0.25, -0.2) is 0 Å². The Morgan fingerprint density at radius 1 is 1.64 bits per heavy atom. The second-order valence-corrected chi connectivity index (χ2v) is 3.01. The van der Waals surface area contributed by atoms with Crippen molar-refractivity contribution in [3.8, 4) is 0 Å². The molecule has 1 heterocycles. The Kier molecular flexibility index (Phi) is 2.60. The van der Waals surface area contributed by atoms with E-state index >= 15 is 0 Å². The normalized spacial score (nSPS) is 13.0. The fourth-order valence-corrected chi connectivity index (χ4v) is 1.04. The van der Waals surface area contributed by atoms with Crippen molar-refractivity contribution in [1.82, 2.24) is 4.98 Å². The first-order chi connectivity index (χ1) is 5.18. The van der Waals surface area contributed by atoms with Crippen molar-refractivity contribution in [3.63, 3.8) is 0 Å². The Morgan fingerprint density at radius 2 is 2.36 bits per heavy atom. The minimum absolute atomic E-state index is 0.198. The van der Waals surface area contributed by atoms with E-state index in [0.717, 1.165) is 12.1 Å². The van der Waals surface area contributed by atoms with Crippen molar-refractivity contribution >= 4 is 0 Å². The first-order valence-corrected chi connectivity index (χ1v) is 3.85. The lowest BCUT2D eigenvalue weighted by atomic mass is 10.1. The lowest BCUT2D eigenvalue weighted by molar-refractivity contribution is 0.721. The summed E-state index contributed by atoms with van der Waals surface area (Å²) in [5, 5.41) is 0. The van der Waals surface area contributed by atoms with Gasteiger partial charge in [0.1, 0.15) is 0 Å². The molecule has 0 bridgehead atoms. The molecule has 0 fully saturated rings. The Balaban J connectivity index is 2.71. The molecule has 0 aliphatic rings. The number of nitrogens with zero attached hydrogens (tertiary/aromatic N) is 1. The predicted molar refractivity (Wildman–Crippen MR) is 46.3 cm³/mol. The number of hydrogen-bond donors (Lipinski definition) is 1. The van der Waals surface area contributed by atoms with Crippen LogP contribution < -0.4 is 5.73 Å². The van der Waals surface area contributed by atoms with Crippen LogP contribution in [0, 0.1) is 6.92 Å². The van der Waals surface area contributed by atoms with Gasteiger partial charge in [-0.05, 0) is 31.5 Å². The molecule has 0 amide bonds. The fraction of sp³-hybridized carbons (Fsp3) is 0.444. The Bertz CT molecular complexity index is 231. The van der Waals surface area contributed by atoms with E-state index in [1.54, 1.807) is 0 Å². The second-order valence-electron chi connectivity index (χ2n) is 3.01. The van der Waals surface area contributed by atoms with Crippen LogP contribution in [0.4, 0.5) is 0 Å². The van der Waals surface area contributed by atoms with E-state index in [2.05, 4.69) is 18.0 Å². The Labute approximate surface area is 67.5 Å². The van der Waals surface area contributed by atoms with Crippen LogP contribution in [-0.4, -0.2) is 11.0 Å². The van der Waals surface area contributed by atoms with Crippen LogP contribution in [0.15, 0.2) is 18.3 Å². The predicted octanol–water partition coefficient (Wildman–Crippen LogP) is 1.28. The van der Waals surface area contributed by atoms with E-state index in [4.69, 9.17) is 5.73 Å². The third kappa shape index (κ3) is 2.68. The molecular formula is C9H14N2. The van der Waals surface area contributed by atoms with Crippen molar-refractivity contribution in [2.75, 3.05) is 0 Å². The number of aryl methyl sites for hydroxylation is 1. The molecule has 11 heavy (non-hydrogen) atoms. The molecule has 2 heteroatoms. The summed E-state index contributed by atoms with van der Waals surface area (Å²) in [6.45, 7) is 4.05. The number of aromatic nitrogens is 1. The molecule has 60 valence electrons. The van der Waals surface area contributed by atoms with Gasteiger partial charge in [-0.3, -0.25) is 4.98 Å². The third-order valence-corrected chi connectivity index (χ3v) is 1.50. The van der Waals surface area contributed by atoms with E-state index in [0.29, 0.717) is 0 Å². The van der Waals surface area contributed by atoms with Crippen LogP contribution in [0.2, 0.25) is 0 Å². The second kappa shape index (κ2) is 3.49. The minimum Gasteiger partial charge on any atom is -0.328 e. The quantitative estimate of drug-likeness (QED) is 0.689. The van der Waals surface area contributed by atoms with E-state index in [1.165, 1.54) is 5.56 Å². The summed E-state index contributed by atoms with van der Waals surface area (Å²) in [6.07, 6.45) is 2.69. The highest BCUT2D eigenvalue weighted by Gasteiger charge is 1.97. The van der Waals surface area contributed by atoms with Crippen LogP contribution in [0.3, 0.4) is 0 Å². The molecule has 0 saturated carbocycles. The standard InChI is InChI=1S/C9H14N2/c1-7-3-4-11-9(5-7)6-8(2)10/h3-5,8H,6,10H2,1-2H3/t8-/m1/s1. The zero-order chi connectivity index (χ0) is 8.27. The van der Waals surface area contributed by atoms with Gasteiger partial charge in [0.05, 0.1) is 0 Å². The summed E-state index contributed by atoms with van der Waals surface area (Å²) in [7, 11) is 0. The third-order valence-electron chi connectivity index (χ3n) is 1.50. The highest BCUT2D eigenvalue weighted by Crippen LogP contribution is 2.01. The van der Waals surface area contributed by atoms with E-state index < -0.39 is 0 Å². The molecule has 0 radical (unpaired) electrons. The van der Waals surface area contributed by atoms with Crippen molar-refractivity contribution in [1.29, 1.82) is 0 Å². The van der Waals surface area contributed by atoms with Gasteiger partial charge < -0.3 is 5.73 Å². The summed E-state index contributed by atoms with van der Waals surface area (Å²) in [5.74, 6) is 0. The molecule has 0 spiro atoms. The van der Waals surface area contributed by atoms with Gasteiger partial charge in [0.2, 0.25) is 0 Å². The highest BCUT2D eigenvalue weighted by atomic mass is 14.7. The fourth-order valence-electron chi connectivity index (χ4n) is 1.04. The van der Waals surface area contributed by atoms with Crippen LogP contribution in [0.25, 0.3) is 0 Å². The topological polar surface area (TPSA) is 38.9 Å². The van der Waals surface area contributed by atoms with Crippen molar-refractivity contribution < 1.29 is 0 Å². The van der Waals surface area contributed by atoms with Crippen LogP contribution >= 0.6 is 0 Å². The molecule has 0 aliphatic carbocycles. The molecule has 1 aromatic rings. The van der Waals surface area contributed by atoms with Crippen LogP contribution in [0.5, 0.6) is 0 Å². The van der Waals surface area contributed by atoms with Crippen molar-refractivity contribution in [2.45, 2.75) is 26.3 Å². The summed E-state index contributed by atoms with van der Waals surface area (Å²) in [6, 6.07) is 4.26. The first-order valence-electron chi connectivity index (χ1n) is 3.85. The van der Waals surface area contributed by atoms with Gasteiger partial charge in [0.25, 0.3) is 0 Å². The molecule has 0 saturated heterocycles. The SMILES string of the molecule is Cc1ccnc(C[C@@H](C)N)c1. The molecule has 0 unspecified atom stereocenters. The van der Waals surface area contributed by atoms with Gasteiger partial charge in [-0.2, -0.15) is 0 Å². The number of pyridine rings is 1. The van der Waals surface area contributed by atoms with Crippen LogP contribution in [-0.2, 0) is 6.42 Å². The molecule has 1 rings (SSSR count). The van der Waals surface area contributed by atoms with E-state index in [9.17, 15) is 0 Å².